The summed E-state index contributed by atoms with van der Waals surface area (Å²) in [6.45, 7) is 1.97. The van der Waals surface area contributed by atoms with Crippen molar-refractivity contribution in [2.75, 3.05) is 0 Å². The Morgan fingerprint density at radius 3 is 2.90 bits per heavy atom. The molecule has 1 aliphatic rings. The van der Waals surface area contributed by atoms with E-state index >= 15 is 0 Å². The van der Waals surface area contributed by atoms with Gasteiger partial charge in [-0.05, 0) is 55.5 Å². The van der Waals surface area contributed by atoms with E-state index in [0.29, 0.717) is 11.4 Å². The number of fused-ring (bicyclic) bond motifs is 1. The third-order valence-electron chi connectivity index (χ3n) is 3.66. The fourth-order valence-electron chi connectivity index (χ4n) is 2.51. The van der Waals surface area contributed by atoms with E-state index in [9.17, 15) is 0 Å². The van der Waals surface area contributed by atoms with Gasteiger partial charge in [0, 0.05) is 10.2 Å². The molecule has 0 saturated carbocycles. The van der Waals surface area contributed by atoms with Gasteiger partial charge in [-0.3, -0.25) is 5.41 Å². The molecule has 0 amide bonds. The van der Waals surface area contributed by atoms with E-state index in [4.69, 9.17) is 15.9 Å². The number of benzene rings is 1. The van der Waals surface area contributed by atoms with E-state index in [1.165, 1.54) is 5.56 Å². The van der Waals surface area contributed by atoms with Crippen molar-refractivity contribution in [2.24, 2.45) is 5.73 Å². The Kier molecular flexibility index (Phi) is 3.68. The van der Waals surface area contributed by atoms with Gasteiger partial charge < -0.3 is 10.5 Å². The van der Waals surface area contributed by atoms with Crippen LogP contribution in [0.1, 0.15) is 28.8 Å². The summed E-state index contributed by atoms with van der Waals surface area (Å²) in [5.41, 5.74) is 9.50. The number of hydrogen-bond acceptors (Lipinski definition) is 3. The van der Waals surface area contributed by atoms with E-state index < -0.39 is 0 Å². The van der Waals surface area contributed by atoms with E-state index in [-0.39, 0.29) is 5.84 Å². The van der Waals surface area contributed by atoms with Gasteiger partial charge in [0.05, 0.1) is 5.56 Å². The maximum atomic E-state index is 7.75. The van der Waals surface area contributed by atoms with Crippen molar-refractivity contribution in [1.29, 1.82) is 5.41 Å². The first kappa shape index (κ1) is 14.1. The monoisotopic (exact) mass is 345 g/mol. The van der Waals surface area contributed by atoms with Crippen molar-refractivity contribution < 1.29 is 4.74 Å². The van der Waals surface area contributed by atoms with Gasteiger partial charge in [0.25, 0.3) is 0 Å². The highest BCUT2D eigenvalue weighted by molar-refractivity contribution is 9.10. The van der Waals surface area contributed by atoms with Gasteiger partial charge in [-0.25, -0.2) is 4.98 Å². The molecule has 0 radical (unpaired) electrons. The van der Waals surface area contributed by atoms with Gasteiger partial charge in [0.2, 0.25) is 5.88 Å². The van der Waals surface area contributed by atoms with Crippen LogP contribution in [-0.2, 0) is 12.8 Å². The number of ether oxygens (including phenoxy) is 1. The van der Waals surface area contributed by atoms with E-state index in [1.807, 2.05) is 31.2 Å². The van der Waals surface area contributed by atoms with Crippen molar-refractivity contribution >= 4 is 21.8 Å². The highest BCUT2D eigenvalue weighted by atomic mass is 79.9. The maximum absolute atomic E-state index is 7.75. The van der Waals surface area contributed by atoms with E-state index in [0.717, 1.165) is 40.7 Å². The van der Waals surface area contributed by atoms with Crippen molar-refractivity contribution in [3.05, 3.63) is 51.1 Å². The molecule has 1 aromatic heterocycles. The molecule has 0 aliphatic heterocycles. The number of nitrogen functional groups attached to an aromatic ring is 1. The van der Waals surface area contributed by atoms with Crippen LogP contribution in [0.2, 0.25) is 0 Å². The van der Waals surface area contributed by atoms with Crippen molar-refractivity contribution in [3.63, 3.8) is 0 Å². The zero-order chi connectivity index (χ0) is 15.0. The summed E-state index contributed by atoms with van der Waals surface area (Å²) in [5.74, 6) is 1.13. The molecule has 5 heteroatoms. The molecular formula is C16H16BrN3O. The number of hydrogen-bond donors (Lipinski definition) is 2. The Morgan fingerprint density at radius 2 is 2.14 bits per heavy atom. The lowest BCUT2D eigenvalue weighted by atomic mass is 10.1. The van der Waals surface area contributed by atoms with E-state index in [1.54, 1.807) is 0 Å². The number of pyridine rings is 1. The summed E-state index contributed by atoms with van der Waals surface area (Å²) < 4.78 is 6.88. The SMILES string of the molecule is Cc1ccc(Br)cc1Oc1nc2c(cc1C(=N)N)CCC2. The summed E-state index contributed by atoms with van der Waals surface area (Å²) >= 11 is 3.44. The summed E-state index contributed by atoms with van der Waals surface area (Å²) in [5, 5.41) is 7.75. The molecule has 0 atom stereocenters. The topological polar surface area (TPSA) is 72.0 Å². The van der Waals surface area contributed by atoms with Gasteiger partial charge in [-0.2, -0.15) is 0 Å². The van der Waals surface area contributed by atoms with Gasteiger partial charge in [-0.1, -0.05) is 22.0 Å². The Balaban J connectivity index is 2.05. The quantitative estimate of drug-likeness (QED) is 0.657. The Morgan fingerprint density at radius 1 is 1.33 bits per heavy atom. The van der Waals surface area contributed by atoms with Crippen LogP contribution in [0.25, 0.3) is 0 Å². The van der Waals surface area contributed by atoms with Crippen molar-refractivity contribution in [2.45, 2.75) is 26.2 Å². The number of halogens is 1. The molecule has 2 aromatic rings. The fourth-order valence-corrected chi connectivity index (χ4v) is 2.85. The largest absolute Gasteiger partial charge is 0.438 e. The summed E-state index contributed by atoms with van der Waals surface area (Å²) in [4.78, 5) is 4.58. The molecule has 21 heavy (non-hydrogen) atoms. The molecule has 0 spiro atoms. The van der Waals surface area contributed by atoms with Gasteiger partial charge in [-0.15, -0.1) is 0 Å². The Bertz CT molecular complexity index is 728. The van der Waals surface area contributed by atoms with Crippen LogP contribution in [0, 0.1) is 12.3 Å². The summed E-state index contributed by atoms with van der Waals surface area (Å²) in [6, 6.07) is 7.78. The molecule has 0 bridgehead atoms. The molecule has 1 aliphatic carbocycles. The number of nitrogens with two attached hydrogens (primary N) is 1. The van der Waals surface area contributed by atoms with Crippen LogP contribution in [0.3, 0.4) is 0 Å². The molecule has 0 saturated heterocycles. The van der Waals surface area contributed by atoms with Crippen molar-refractivity contribution in [1.82, 2.24) is 4.98 Å². The van der Waals surface area contributed by atoms with E-state index in [2.05, 4.69) is 20.9 Å². The minimum atomic E-state index is -0.0140. The summed E-state index contributed by atoms with van der Waals surface area (Å²) in [6.07, 6.45) is 3.05. The molecule has 1 aromatic carbocycles. The first-order chi connectivity index (χ1) is 10.0. The number of amidine groups is 1. The number of nitrogens with one attached hydrogen (secondary N) is 1. The average Bonchev–Trinajstić information content (AvgIpc) is 2.89. The minimum absolute atomic E-state index is 0.0140. The minimum Gasteiger partial charge on any atom is -0.438 e. The second kappa shape index (κ2) is 5.48. The first-order valence-electron chi connectivity index (χ1n) is 6.86. The van der Waals surface area contributed by atoms with Crippen LogP contribution in [-0.4, -0.2) is 10.8 Å². The molecule has 4 nitrogen and oxygen atoms in total. The second-order valence-corrected chi connectivity index (χ2v) is 6.14. The highest BCUT2D eigenvalue weighted by Gasteiger charge is 2.19. The van der Waals surface area contributed by atoms with Crippen LogP contribution in [0.4, 0.5) is 0 Å². The molecule has 3 rings (SSSR count). The van der Waals surface area contributed by atoms with Gasteiger partial charge >= 0.3 is 0 Å². The first-order valence-corrected chi connectivity index (χ1v) is 7.65. The normalized spacial score (nSPS) is 13.0. The van der Waals surface area contributed by atoms with Crippen LogP contribution < -0.4 is 10.5 Å². The standard InChI is InChI=1S/C16H16BrN3O/c1-9-5-6-11(17)8-14(9)21-16-12(15(18)19)7-10-3-2-4-13(10)20-16/h5-8H,2-4H2,1H3,(H3,18,19). The third-order valence-corrected chi connectivity index (χ3v) is 4.16. The predicted molar refractivity (Wildman–Crippen MR) is 86.2 cm³/mol. The predicted octanol–water partition coefficient (Wildman–Crippen LogP) is 3.72. The summed E-state index contributed by atoms with van der Waals surface area (Å²) in [7, 11) is 0. The number of aromatic nitrogens is 1. The smallest absolute Gasteiger partial charge is 0.230 e. The Labute approximate surface area is 132 Å². The molecular weight excluding hydrogens is 330 g/mol. The van der Waals surface area contributed by atoms with Gasteiger partial charge in [0.1, 0.15) is 11.6 Å². The Hall–Kier alpha value is -1.88. The lowest BCUT2D eigenvalue weighted by Crippen LogP contribution is -2.14. The number of rotatable bonds is 3. The number of nitrogens with zero attached hydrogens (tertiary/aromatic N) is 1. The van der Waals surface area contributed by atoms with Crippen LogP contribution in [0.15, 0.2) is 28.7 Å². The maximum Gasteiger partial charge on any atom is 0.230 e. The number of aryl methyl sites for hydroxylation is 3. The van der Waals surface area contributed by atoms with Gasteiger partial charge in [0.15, 0.2) is 0 Å². The van der Waals surface area contributed by atoms with Crippen LogP contribution >= 0.6 is 15.9 Å². The third kappa shape index (κ3) is 2.78. The van der Waals surface area contributed by atoms with Crippen molar-refractivity contribution in [3.8, 4) is 11.6 Å². The second-order valence-electron chi connectivity index (χ2n) is 5.23. The lowest BCUT2D eigenvalue weighted by Gasteiger charge is -2.13. The van der Waals surface area contributed by atoms with Crippen LogP contribution in [0.5, 0.6) is 11.6 Å². The highest BCUT2D eigenvalue weighted by Crippen LogP contribution is 2.32. The fraction of sp³-hybridized carbons (Fsp3) is 0.250. The zero-order valence-electron chi connectivity index (χ0n) is 11.7. The molecule has 3 N–H and O–H groups in total. The molecule has 0 unspecified atom stereocenters. The lowest BCUT2D eigenvalue weighted by molar-refractivity contribution is 0.456. The molecule has 0 fully saturated rings. The zero-order valence-corrected chi connectivity index (χ0v) is 13.3. The molecule has 1 heterocycles. The average molecular weight is 346 g/mol. The molecule has 108 valence electrons.